The highest BCUT2D eigenvalue weighted by Crippen LogP contribution is 2.30. The van der Waals surface area contributed by atoms with E-state index >= 15 is 0 Å². The van der Waals surface area contributed by atoms with Gasteiger partial charge in [-0.15, -0.1) is 0 Å². The Kier molecular flexibility index (Phi) is 7.33. The van der Waals surface area contributed by atoms with Gasteiger partial charge in [0.05, 0.1) is 23.4 Å². The summed E-state index contributed by atoms with van der Waals surface area (Å²) in [6.07, 6.45) is 0. The lowest BCUT2D eigenvalue weighted by Gasteiger charge is -2.20. The van der Waals surface area contributed by atoms with E-state index in [0.29, 0.717) is 23.7 Å². The van der Waals surface area contributed by atoms with Gasteiger partial charge in [0.15, 0.2) is 0 Å². The SMILES string of the molecule is CCN(CC)S(=O)(=O)c1ccc(OC)c(NS(=O)(=O)Cc2ccccc2Cl)c1. The van der Waals surface area contributed by atoms with Crippen LogP contribution in [0.15, 0.2) is 47.4 Å². The third-order valence-corrected chi connectivity index (χ3v) is 7.72. The van der Waals surface area contributed by atoms with Crippen molar-refractivity contribution in [2.75, 3.05) is 24.9 Å². The fourth-order valence-corrected chi connectivity index (χ4v) is 5.66. The van der Waals surface area contributed by atoms with Gasteiger partial charge in [-0.1, -0.05) is 43.6 Å². The summed E-state index contributed by atoms with van der Waals surface area (Å²) >= 11 is 6.04. The molecule has 2 aromatic rings. The van der Waals surface area contributed by atoms with E-state index in [2.05, 4.69) is 4.72 Å². The monoisotopic (exact) mass is 446 g/mol. The van der Waals surface area contributed by atoms with Crippen molar-refractivity contribution < 1.29 is 21.6 Å². The number of halogens is 1. The first-order valence-corrected chi connectivity index (χ1v) is 12.0. The number of methoxy groups -OCH3 is 1. The van der Waals surface area contributed by atoms with Gasteiger partial charge in [0.25, 0.3) is 0 Å². The standard InChI is InChI=1S/C18H23ClN2O5S2/c1-4-21(5-2)28(24,25)15-10-11-18(26-3)17(12-15)20-27(22,23)13-14-8-6-7-9-16(14)19/h6-12,20H,4-5,13H2,1-3H3. The van der Waals surface area contributed by atoms with E-state index in [1.54, 1.807) is 38.1 Å². The highest BCUT2D eigenvalue weighted by Gasteiger charge is 2.24. The number of hydrogen-bond donors (Lipinski definition) is 1. The summed E-state index contributed by atoms with van der Waals surface area (Å²) in [7, 11) is -6.23. The lowest BCUT2D eigenvalue weighted by Crippen LogP contribution is -2.30. The molecule has 0 radical (unpaired) electrons. The van der Waals surface area contributed by atoms with Crippen molar-refractivity contribution in [3.05, 3.63) is 53.1 Å². The molecule has 0 aromatic heterocycles. The maximum Gasteiger partial charge on any atom is 0.243 e. The number of ether oxygens (including phenoxy) is 1. The third kappa shape index (κ3) is 5.16. The van der Waals surface area contributed by atoms with Crippen LogP contribution in [-0.4, -0.2) is 41.3 Å². The topological polar surface area (TPSA) is 92.8 Å². The number of nitrogens with one attached hydrogen (secondary N) is 1. The van der Waals surface area contributed by atoms with Crippen molar-refractivity contribution in [3.63, 3.8) is 0 Å². The zero-order chi connectivity index (χ0) is 20.9. The second-order valence-corrected chi connectivity index (χ2v) is 9.97. The zero-order valence-electron chi connectivity index (χ0n) is 15.8. The van der Waals surface area contributed by atoms with Crippen molar-refractivity contribution in [1.29, 1.82) is 0 Å². The molecule has 2 rings (SSSR count). The molecule has 0 atom stereocenters. The minimum Gasteiger partial charge on any atom is -0.495 e. The number of hydrogen-bond acceptors (Lipinski definition) is 5. The Morgan fingerprint density at radius 2 is 1.68 bits per heavy atom. The molecule has 0 bridgehead atoms. The van der Waals surface area contributed by atoms with Crippen molar-refractivity contribution in [3.8, 4) is 5.75 Å². The average Bonchev–Trinajstić information content (AvgIpc) is 2.64. The van der Waals surface area contributed by atoms with E-state index in [1.807, 2.05) is 0 Å². The Balaban J connectivity index is 2.40. The molecule has 0 unspecified atom stereocenters. The summed E-state index contributed by atoms with van der Waals surface area (Å²) in [5.74, 6) is -0.149. The number of benzene rings is 2. The molecule has 154 valence electrons. The predicted octanol–water partition coefficient (Wildman–Crippen LogP) is 3.32. The molecule has 0 saturated carbocycles. The minimum atomic E-state index is -3.86. The third-order valence-electron chi connectivity index (χ3n) is 4.08. The lowest BCUT2D eigenvalue weighted by molar-refractivity contribution is 0.416. The Morgan fingerprint density at radius 1 is 1.04 bits per heavy atom. The van der Waals surface area contributed by atoms with Crippen LogP contribution in [0.25, 0.3) is 0 Å². The van der Waals surface area contributed by atoms with Gasteiger partial charge in [-0.25, -0.2) is 16.8 Å². The summed E-state index contributed by atoms with van der Waals surface area (Å²) in [6, 6.07) is 10.7. The first-order chi connectivity index (χ1) is 13.1. The molecule has 2 aromatic carbocycles. The molecule has 0 spiro atoms. The van der Waals surface area contributed by atoms with E-state index in [4.69, 9.17) is 16.3 Å². The van der Waals surface area contributed by atoms with Crippen molar-refractivity contribution in [1.82, 2.24) is 4.31 Å². The quantitative estimate of drug-likeness (QED) is 0.637. The van der Waals surface area contributed by atoms with Crippen LogP contribution in [0.4, 0.5) is 5.69 Å². The Hall–Kier alpha value is -1.81. The molecule has 0 heterocycles. The molecule has 0 saturated heterocycles. The smallest absolute Gasteiger partial charge is 0.243 e. The van der Waals surface area contributed by atoms with E-state index in [1.165, 1.54) is 29.6 Å². The first-order valence-electron chi connectivity index (χ1n) is 8.56. The van der Waals surface area contributed by atoms with Crippen molar-refractivity contribution in [2.45, 2.75) is 24.5 Å². The maximum absolute atomic E-state index is 12.7. The minimum absolute atomic E-state index is 0.0209. The molecule has 0 amide bonds. The molecule has 28 heavy (non-hydrogen) atoms. The summed E-state index contributed by atoms with van der Waals surface area (Å²) in [5, 5.41) is 0.331. The number of rotatable bonds is 9. The zero-order valence-corrected chi connectivity index (χ0v) is 18.2. The highest BCUT2D eigenvalue weighted by molar-refractivity contribution is 7.92. The average molecular weight is 447 g/mol. The highest BCUT2D eigenvalue weighted by atomic mass is 35.5. The van der Waals surface area contributed by atoms with Gasteiger partial charge >= 0.3 is 0 Å². The van der Waals surface area contributed by atoms with Crippen LogP contribution in [0.2, 0.25) is 5.02 Å². The fourth-order valence-electron chi connectivity index (χ4n) is 2.66. The molecule has 0 aliphatic carbocycles. The van der Waals surface area contributed by atoms with E-state index in [9.17, 15) is 16.8 Å². The fraction of sp³-hybridized carbons (Fsp3) is 0.333. The molecular formula is C18H23ClN2O5S2. The lowest BCUT2D eigenvalue weighted by atomic mass is 10.2. The van der Waals surface area contributed by atoms with Gasteiger partial charge in [0.2, 0.25) is 20.0 Å². The summed E-state index contributed by atoms with van der Waals surface area (Å²) in [6.45, 7) is 4.08. The van der Waals surface area contributed by atoms with Crippen molar-refractivity contribution in [2.24, 2.45) is 0 Å². The van der Waals surface area contributed by atoms with Crippen LogP contribution < -0.4 is 9.46 Å². The van der Waals surface area contributed by atoms with Crippen LogP contribution in [0.5, 0.6) is 5.75 Å². The summed E-state index contributed by atoms with van der Waals surface area (Å²) in [5.41, 5.74) is 0.477. The second kappa shape index (κ2) is 9.13. The normalized spacial score (nSPS) is 12.2. The van der Waals surface area contributed by atoms with Crippen LogP contribution in [0, 0.1) is 0 Å². The second-order valence-electron chi connectivity index (χ2n) is 5.90. The summed E-state index contributed by atoms with van der Waals surface area (Å²) < 4.78 is 59.6. The van der Waals surface area contributed by atoms with Gasteiger partial charge < -0.3 is 4.74 Å². The first kappa shape index (κ1) is 22.5. The van der Waals surface area contributed by atoms with Crippen molar-refractivity contribution >= 4 is 37.3 Å². The number of anilines is 1. The molecule has 0 fully saturated rings. The van der Waals surface area contributed by atoms with Gasteiger partial charge in [0.1, 0.15) is 5.75 Å². The molecule has 10 heteroatoms. The Morgan fingerprint density at radius 3 is 2.25 bits per heavy atom. The van der Waals surface area contributed by atoms with Gasteiger partial charge in [-0.2, -0.15) is 4.31 Å². The van der Waals surface area contributed by atoms with Crippen LogP contribution >= 0.6 is 11.6 Å². The van der Waals surface area contributed by atoms with Crippen LogP contribution in [0.3, 0.4) is 0 Å². The molecule has 1 N–H and O–H groups in total. The Labute approximate surface area is 171 Å². The number of nitrogens with zero attached hydrogens (tertiary/aromatic N) is 1. The molecule has 0 aliphatic rings. The maximum atomic E-state index is 12.7. The summed E-state index contributed by atoms with van der Waals surface area (Å²) in [4.78, 5) is -0.0209. The number of sulfonamides is 2. The molecule has 0 aliphatic heterocycles. The predicted molar refractivity (Wildman–Crippen MR) is 111 cm³/mol. The van der Waals surface area contributed by atoms with E-state index in [-0.39, 0.29) is 22.1 Å². The van der Waals surface area contributed by atoms with Gasteiger partial charge in [-0.05, 0) is 29.8 Å². The largest absolute Gasteiger partial charge is 0.495 e. The Bertz CT molecular complexity index is 1040. The van der Waals surface area contributed by atoms with Gasteiger partial charge in [-0.3, -0.25) is 4.72 Å². The van der Waals surface area contributed by atoms with Crippen LogP contribution in [-0.2, 0) is 25.8 Å². The molecule has 7 nitrogen and oxygen atoms in total. The van der Waals surface area contributed by atoms with E-state index in [0.717, 1.165) is 0 Å². The molecular weight excluding hydrogens is 424 g/mol. The van der Waals surface area contributed by atoms with Crippen LogP contribution in [0.1, 0.15) is 19.4 Å². The van der Waals surface area contributed by atoms with E-state index < -0.39 is 20.0 Å². The van der Waals surface area contributed by atoms with Gasteiger partial charge in [0, 0.05) is 18.1 Å².